The van der Waals surface area contributed by atoms with Gasteiger partial charge in [-0.3, -0.25) is 4.68 Å². The summed E-state index contributed by atoms with van der Waals surface area (Å²) in [6, 6.07) is 0. The van der Waals surface area contributed by atoms with E-state index in [1.54, 1.807) is 11.6 Å². The van der Waals surface area contributed by atoms with Crippen LogP contribution in [0, 0.1) is 24.6 Å². The van der Waals surface area contributed by atoms with Gasteiger partial charge in [0.05, 0.1) is 18.4 Å². The average Bonchev–Trinajstić information content (AvgIpc) is 3.30. The molecule has 0 aromatic carbocycles. The van der Waals surface area contributed by atoms with Gasteiger partial charge in [0.15, 0.2) is 11.6 Å². The second-order valence-electron chi connectivity index (χ2n) is 6.36. The van der Waals surface area contributed by atoms with Crippen molar-refractivity contribution < 1.29 is 4.39 Å². The van der Waals surface area contributed by atoms with Crippen LogP contribution in [0.15, 0.2) is 12.5 Å². The van der Waals surface area contributed by atoms with E-state index in [0.717, 1.165) is 24.7 Å². The summed E-state index contributed by atoms with van der Waals surface area (Å²) in [6.07, 6.45) is 5.87. The third kappa shape index (κ3) is 3.65. The second-order valence-corrected chi connectivity index (χ2v) is 6.36. The maximum atomic E-state index is 14.5. The van der Waals surface area contributed by atoms with Crippen LogP contribution in [0.3, 0.4) is 0 Å². The molecule has 1 aliphatic rings. The molecule has 0 amide bonds. The Bertz CT molecular complexity index is 666. The zero-order chi connectivity index (χ0) is 16.4. The van der Waals surface area contributed by atoms with Crippen molar-refractivity contribution in [3.63, 3.8) is 0 Å². The first-order chi connectivity index (χ1) is 11.1. The molecule has 0 saturated heterocycles. The van der Waals surface area contributed by atoms with Crippen LogP contribution in [0.25, 0.3) is 0 Å². The predicted molar refractivity (Wildman–Crippen MR) is 85.4 cm³/mol. The second kappa shape index (κ2) is 6.60. The standard InChI is InChI=1S/C16H23FN6/c1-4-23-9-14(20-21-23)8-22(7-11(2)13-5-6-13)16-15(17)12(3)18-10-19-16/h9-11,13H,4-8H2,1-3H3. The number of halogens is 1. The van der Waals surface area contributed by atoms with Crippen molar-refractivity contribution >= 4 is 5.82 Å². The van der Waals surface area contributed by atoms with Crippen molar-refractivity contribution in [1.29, 1.82) is 0 Å². The van der Waals surface area contributed by atoms with Crippen LogP contribution in [-0.4, -0.2) is 31.5 Å². The molecule has 2 heterocycles. The number of rotatable bonds is 7. The molecule has 0 radical (unpaired) electrons. The number of hydrogen-bond donors (Lipinski definition) is 0. The van der Waals surface area contributed by atoms with E-state index in [4.69, 9.17) is 0 Å². The number of aromatic nitrogens is 5. The van der Waals surface area contributed by atoms with Crippen LogP contribution >= 0.6 is 0 Å². The van der Waals surface area contributed by atoms with Crippen LogP contribution in [-0.2, 0) is 13.1 Å². The molecule has 0 aliphatic heterocycles. The van der Waals surface area contributed by atoms with Crippen LogP contribution in [0.2, 0.25) is 0 Å². The number of hydrogen-bond acceptors (Lipinski definition) is 5. The smallest absolute Gasteiger partial charge is 0.186 e. The molecule has 2 aromatic rings. The molecular weight excluding hydrogens is 295 g/mol. The lowest BCUT2D eigenvalue weighted by atomic mass is 10.1. The van der Waals surface area contributed by atoms with E-state index in [1.807, 2.05) is 18.0 Å². The highest BCUT2D eigenvalue weighted by atomic mass is 19.1. The van der Waals surface area contributed by atoms with Crippen LogP contribution < -0.4 is 4.90 Å². The monoisotopic (exact) mass is 318 g/mol. The highest BCUT2D eigenvalue weighted by molar-refractivity contribution is 5.41. The summed E-state index contributed by atoms with van der Waals surface area (Å²) in [7, 11) is 0. The molecule has 2 aromatic heterocycles. The lowest BCUT2D eigenvalue weighted by Gasteiger charge is -2.26. The Hall–Kier alpha value is -2.05. The van der Waals surface area contributed by atoms with Crippen molar-refractivity contribution in [2.75, 3.05) is 11.4 Å². The van der Waals surface area contributed by atoms with Gasteiger partial charge in [-0.15, -0.1) is 5.10 Å². The summed E-state index contributed by atoms with van der Waals surface area (Å²) in [5.41, 5.74) is 1.20. The quantitative estimate of drug-likeness (QED) is 0.785. The minimum absolute atomic E-state index is 0.349. The Balaban J connectivity index is 1.84. The molecule has 0 N–H and O–H groups in total. The molecule has 1 unspecified atom stereocenters. The molecule has 1 saturated carbocycles. The third-order valence-corrected chi connectivity index (χ3v) is 4.44. The van der Waals surface area contributed by atoms with Gasteiger partial charge in [0.2, 0.25) is 0 Å². The molecule has 6 nitrogen and oxygen atoms in total. The van der Waals surface area contributed by atoms with Gasteiger partial charge in [0.1, 0.15) is 12.0 Å². The highest BCUT2D eigenvalue weighted by Crippen LogP contribution is 2.37. The van der Waals surface area contributed by atoms with Gasteiger partial charge in [0.25, 0.3) is 0 Å². The predicted octanol–water partition coefficient (Wildman–Crippen LogP) is 2.59. The van der Waals surface area contributed by atoms with E-state index in [1.165, 1.54) is 19.2 Å². The molecule has 0 spiro atoms. The largest absolute Gasteiger partial charge is 0.348 e. The Morgan fingerprint density at radius 3 is 2.83 bits per heavy atom. The van der Waals surface area contributed by atoms with Gasteiger partial charge in [0, 0.05) is 13.1 Å². The van der Waals surface area contributed by atoms with E-state index in [0.29, 0.717) is 24.0 Å². The first-order valence-electron chi connectivity index (χ1n) is 8.19. The van der Waals surface area contributed by atoms with E-state index in [2.05, 4.69) is 27.2 Å². The van der Waals surface area contributed by atoms with Gasteiger partial charge in [-0.25, -0.2) is 14.4 Å². The first kappa shape index (κ1) is 15.8. The van der Waals surface area contributed by atoms with Crippen molar-refractivity contribution in [1.82, 2.24) is 25.0 Å². The van der Waals surface area contributed by atoms with E-state index < -0.39 is 0 Å². The summed E-state index contributed by atoms with van der Waals surface area (Å²) in [4.78, 5) is 10.1. The number of nitrogens with zero attached hydrogens (tertiary/aromatic N) is 6. The zero-order valence-corrected chi connectivity index (χ0v) is 13.9. The van der Waals surface area contributed by atoms with Crippen LogP contribution in [0.5, 0.6) is 0 Å². The summed E-state index contributed by atoms with van der Waals surface area (Å²) >= 11 is 0. The van der Waals surface area contributed by atoms with E-state index in [-0.39, 0.29) is 5.82 Å². The Kier molecular flexibility index (Phi) is 4.54. The molecule has 1 fully saturated rings. The maximum absolute atomic E-state index is 14.5. The SMILES string of the molecule is CCn1cc(CN(CC(C)C2CC2)c2ncnc(C)c2F)nn1. The fourth-order valence-electron chi connectivity index (χ4n) is 2.81. The minimum atomic E-state index is -0.349. The Morgan fingerprint density at radius 1 is 1.39 bits per heavy atom. The minimum Gasteiger partial charge on any atom is -0.348 e. The van der Waals surface area contributed by atoms with Crippen molar-refractivity contribution in [3.05, 3.63) is 29.7 Å². The molecular formula is C16H23FN6. The first-order valence-corrected chi connectivity index (χ1v) is 8.19. The number of anilines is 1. The highest BCUT2D eigenvalue weighted by Gasteiger charge is 2.30. The van der Waals surface area contributed by atoms with Gasteiger partial charge in [-0.1, -0.05) is 12.1 Å². The lowest BCUT2D eigenvalue weighted by Crippen LogP contribution is -2.31. The molecule has 7 heteroatoms. The van der Waals surface area contributed by atoms with Crippen molar-refractivity contribution in [2.24, 2.45) is 11.8 Å². The van der Waals surface area contributed by atoms with Gasteiger partial charge in [-0.2, -0.15) is 0 Å². The molecule has 1 aliphatic carbocycles. The molecule has 0 bridgehead atoms. The summed E-state index contributed by atoms with van der Waals surface area (Å²) < 4.78 is 16.3. The Morgan fingerprint density at radius 2 is 2.17 bits per heavy atom. The van der Waals surface area contributed by atoms with Crippen LogP contribution in [0.4, 0.5) is 10.2 Å². The summed E-state index contributed by atoms with van der Waals surface area (Å²) in [5.74, 6) is 1.26. The van der Waals surface area contributed by atoms with Crippen molar-refractivity contribution in [3.8, 4) is 0 Å². The van der Waals surface area contributed by atoms with E-state index >= 15 is 0 Å². The molecule has 1 atom stereocenters. The third-order valence-electron chi connectivity index (χ3n) is 4.44. The lowest BCUT2D eigenvalue weighted by molar-refractivity contribution is 0.484. The average molecular weight is 318 g/mol. The molecule has 23 heavy (non-hydrogen) atoms. The van der Waals surface area contributed by atoms with Gasteiger partial charge >= 0.3 is 0 Å². The molecule has 3 rings (SSSR count). The maximum Gasteiger partial charge on any atom is 0.186 e. The summed E-state index contributed by atoms with van der Waals surface area (Å²) in [5, 5.41) is 8.24. The summed E-state index contributed by atoms with van der Waals surface area (Å²) in [6.45, 7) is 7.93. The van der Waals surface area contributed by atoms with Crippen molar-refractivity contribution in [2.45, 2.75) is 46.7 Å². The molecule has 124 valence electrons. The Labute approximate surface area is 135 Å². The fraction of sp³-hybridized carbons (Fsp3) is 0.625. The van der Waals surface area contributed by atoms with E-state index in [9.17, 15) is 4.39 Å². The normalized spacial score (nSPS) is 15.7. The van der Waals surface area contributed by atoms with Gasteiger partial charge in [-0.05, 0) is 38.5 Å². The van der Waals surface area contributed by atoms with Gasteiger partial charge < -0.3 is 4.90 Å². The zero-order valence-electron chi connectivity index (χ0n) is 13.9. The van der Waals surface area contributed by atoms with Crippen LogP contribution in [0.1, 0.15) is 38.1 Å². The number of aryl methyl sites for hydroxylation is 2. The topological polar surface area (TPSA) is 59.7 Å². The fourth-order valence-corrected chi connectivity index (χ4v) is 2.81.